The lowest BCUT2D eigenvalue weighted by atomic mass is 9.89. The third-order valence-corrected chi connectivity index (χ3v) is 4.50. The highest BCUT2D eigenvalue weighted by atomic mass is 16.5. The van der Waals surface area contributed by atoms with E-state index >= 15 is 0 Å². The van der Waals surface area contributed by atoms with Crippen LogP contribution in [0, 0.1) is 5.41 Å². The topological polar surface area (TPSA) is 30.5 Å². The summed E-state index contributed by atoms with van der Waals surface area (Å²) in [6, 6.07) is 6.29. The number of fused-ring (bicyclic) bond motifs is 1. The van der Waals surface area contributed by atoms with Crippen LogP contribution in [0.5, 0.6) is 11.5 Å². The van der Waals surface area contributed by atoms with Crippen molar-refractivity contribution in [2.24, 2.45) is 5.41 Å². The predicted molar refractivity (Wildman–Crippen MR) is 80.3 cm³/mol. The highest BCUT2D eigenvalue weighted by Crippen LogP contribution is 2.36. The minimum atomic E-state index is 0.505. The lowest BCUT2D eigenvalue weighted by molar-refractivity contribution is 0.297. The van der Waals surface area contributed by atoms with Crippen molar-refractivity contribution in [1.82, 2.24) is 5.32 Å². The summed E-state index contributed by atoms with van der Waals surface area (Å²) >= 11 is 0. The number of hydrogen-bond acceptors (Lipinski definition) is 3. The van der Waals surface area contributed by atoms with Gasteiger partial charge in [0, 0.05) is 19.5 Å². The van der Waals surface area contributed by atoms with E-state index in [1.807, 2.05) is 6.07 Å². The number of rotatable bonds is 4. The zero-order valence-corrected chi connectivity index (χ0v) is 12.4. The largest absolute Gasteiger partial charge is 0.490 e. The molecule has 1 aromatic rings. The van der Waals surface area contributed by atoms with E-state index in [4.69, 9.17) is 9.47 Å². The first-order valence-electron chi connectivity index (χ1n) is 7.84. The SMILES string of the molecule is CC1(CNCc2ccc3c(c2)OCCCO3)CCCC1. The van der Waals surface area contributed by atoms with E-state index in [2.05, 4.69) is 24.4 Å². The van der Waals surface area contributed by atoms with Gasteiger partial charge >= 0.3 is 0 Å². The Balaban J connectivity index is 1.56. The molecule has 0 saturated heterocycles. The summed E-state index contributed by atoms with van der Waals surface area (Å²) in [5, 5.41) is 3.61. The lowest BCUT2D eigenvalue weighted by Crippen LogP contribution is -2.29. The first kappa shape index (κ1) is 13.7. The van der Waals surface area contributed by atoms with Gasteiger partial charge in [0.2, 0.25) is 0 Å². The van der Waals surface area contributed by atoms with Gasteiger partial charge in [-0.05, 0) is 36.0 Å². The van der Waals surface area contributed by atoms with Gasteiger partial charge in [-0.3, -0.25) is 0 Å². The molecule has 1 aliphatic heterocycles. The van der Waals surface area contributed by atoms with Crippen LogP contribution < -0.4 is 14.8 Å². The summed E-state index contributed by atoms with van der Waals surface area (Å²) in [5.74, 6) is 1.78. The molecular weight excluding hydrogens is 250 g/mol. The molecule has 1 heterocycles. The van der Waals surface area contributed by atoms with Crippen LogP contribution in [0.1, 0.15) is 44.6 Å². The minimum Gasteiger partial charge on any atom is -0.490 e. The molecule has 0 atom stereocenters. The molecule has 110 valence electrons. The van der Waals surface area contributed by atoms with Gasteiger partial charge in [-0.2, -0.15) is 0 Å². The van der Waals surface area contributed by atoms with Gasteiger partial charge in [0.25, 0.3) is 0 Å². The van der Waals surface area contributed by atoms with Crippen LogP contribution in [0.15, 0.2) is 18.2 Å². The Morgan fingerprint density at radius 3 is 2.60 bits per heavy atom. The normalized spacial score (nSPS) is 20.6. The zero-order valence-electron chi connectivity index (χ0n) is 12.4. The fraction of sp³-hybridized carbons (Fsp3) is 0.647. The van der Waals surface area contributed by atoms with E-state index in [9.17, 15) is 0 Å². The Bertz CT molecular complexity index is 452. The van der Waals surface area contributed by atoms with Crippen LogP contribution in [-0.4, -0.2) is 19.8 Å². The zero-order chi connectivity index (χ0) is 13.8. The van der Waals surface area contributed by atoms with Gasteiger partial charge in [0.1, 0.15) is 0 Å². The Hall–Kier alpha value is -1.22. The van der Waals surface area contributed by atoms with Crippen LogP contribution >= 0.6 is 0 Å². The average Bonchev–Trinajstić information content (AvgIpc) is 2.74. The molecule has 3 nitrogen and oxygen atoms in total. The predicted octanol–water partition coefficient (Wildman–Crippen LogP) is 3.52. The van der Waals surface area contributed by atoms with E-state index in [0.717, 1.165) is 44.2 Å². The molecule has 0 aromatic heterocycles. The Morgan fingerprint density at radius 2 is 1.80 bits per heavy atom. The minimum absolute atomic E-state index is 0.505. The van der Waals surface area contributed by atoms with E-state index in [-0.39, 0.29) is 0 Å². The van der Waals surface area contributed by atoms with Crippen molar-refractivity contribution >= 4 is 0 Å². The second-order valence-corrected chi connectivity index (χ2v) is 6.45. The molecule has 1 saturated carbocycles. The van der Waals surface area contributed by atoms with Gasteiger partial charge < -0.3 is 14.8 Å². The average molecular weight is 275 g/mol. The molecule has 2 aliphatic rings. The quantitative estimate of drug-likeness (QED) is 0.912. The first-order valence-corrected chi connectivity index (χ1v) is 7.84. The Morgan fingerprint density at radius 1 is 1.05 bits per heavy atom. The number of benzene rings is 1. The maximum Gasteiger partial charge on any atom is 0.161 e. The molecule has 0 amide bonds. The molecule has 1 N–H and O–H groups in total. The molecule has 3 heteroatoms. The molecule has 1 fully saturated rings. The van der Waals surface area contributed by atoms with Crippen molar-refractivity contribution in [3.63, 3.8) is 0 Å². The third-order valence-electron chi connectivity index (χ3n) is 4.50. The first-order chi connectivity index (χ1) is 9.75. The van der Waals surface area contributed by atoms with Crippen LogP contribution in [0.4, 0.5) is 0 Å². The molecule has 3 rings (SSSR count). The van der Waals surface area contributed by atoms with E-state index in [1.165, 1.54) is 31.2 Å². The smallest absolute Gasteiger partial charge is 0.161 e. The summed E-state index contributed by atoms with van der Waals surface area (Å²) in [7, 11) is 0. The summed E-state index contributed by atoms with van der Waals surface area (Å²) in [6.45, 7) is 5.93. The highest BCUT2D eigenvalue weighted by molar-refractivity contribution is 5.43. The standard InChI is InChI=1S/C17H25NO2/c1-17(7-2-3-8-17)13-18-12-14-5-6-15-16(11-14)20-10-4-9-19-15/h5-6,11,18H,2-4,7-10,12-13H2,1H3. The van der Waals surface area contributed by atoms with Gasteiger partial charge in [-0.25, -0.2) is 0 Å². The molecule has 0 radical (unpaired) electrons. The van der Waals surface area contributed by atoms with Crippen molar-refractivity contribution in [3.8, 4) is 11.5 Å². The van der Waals surface area contributed by atoms with Crippen LogP contribution in [0.3, 0.4) is 0 Å². The second-order valence-electron chi connectivity index (χ2n) is 6.45. The molecule has 0 unspecified atom stereocenters. The van der Waals surface area contributed by atoms with Crippen molar-refractivity contribution in [2.75, 3.05) is 19.8 Å². The fourth-order valence-electron chi connectivity index (χ4n) is 3.23. The molecule has 0 spiro atoms. The van der Waals surface area contributed by atoms with Crippen LogP contribution in [-0.2, 0) is 6.54 Å². The van der Waals surface area contributed by atoms with Gasteiger partial charge in [0.15, 0.2) is 11.5 Å². The third kappa shape index (κ3) is 3.26. The fourth-order valence-corrected chi connectivity index (χ4v) is 3.23. The number of hydrogen-bond donors (Lipinski definition) is 1. The van der Waals surface area contributed by atoms with Crippen molar-refractivity contribution in [2.45, 2.75) is 45.6 Å². The van der Waals surface area contributed by atoms with Gasteiger partial charge in [0.05, 0.1) is 13.2 Å². The maximum absolute atomic E-state index is 5.74. The summed E-state index contributed by atoms with van der Waals surface area (Å²) in [5.41, 5.74) is 1.78. The number of nitrogens with one attached hydrogen (secondary N) is 1. The Labute approximate surface area is 121 Å². The summed E-state index contributed by atoms with van der Waals surface area (Å²) in [6.07, 6.45) is 6.47. The monoisotopic (exact) mass is 275 g/mol. The molecule has 20 heavy (non-hydrogen) atoms. The van der Waals surface area contributed by atoms with Gasteiger partial charge in [-0.15, -0.1) is 0 Å². The van der Waals surface area contributed by atoms with E-state index < -0.39 is 0 Å². The molecule has 1 aliphatic carbocycles. The summed E-state index contributed by atoms with van der Waals surface area (Å²) < 4.78 is 11.4. The van der Waals surface area contributed by atoms with Crippen LogP contribution in [0.2, 0.25) is 0 Å². The van der Waals surface area contributed by atoms with Crippen molar-refractivity contribution < 1.29 is 9.47 Å². The number of ether oxygens (including phenoxy) is 2. The second kappa shape index (κ2) is 6.04. The van der Waals surface area contributed by atoms with Crippen molar-refractivity contribution in [3.05, 3.63) is 23.8 Å². The molecule has 0 bridgehead atoms. The van der Waals surface area contributed by atoms with Crippen LogP contribution in [0.25, 0.3) is 0 Å². The maximum atomic E-state index is 5.74. The van der Waals surface area contributed by atoms with E-state index in [0.29, 0.717) is 5.41 Å². The summed E-state index contributed by atoms with van der Waals surface area (Å²) in [4.78, 5) is 0. The van der Waals surface area contributed by atoms with E-state index in [1.54, 1.807) is 0 Å². The van der Waals surface area contributed by atoms with Gasteiger partial charge in [-0.1, -0.05) is 25.8 Å². The lowest BCUT2D eigenvalue weighted by Gasteiger charge is -2.23. The Kier molecular flexibility index (Phi) is 4.16. The van der Waals surface area contributed by atoms with Crippen molar-refractivity contribution in [1.29, 1.82) is 0 Å². The molecular formula is C17H25NO2. The highest BCUT2D eigenvalue weighted by Gasteiger charge is 2.27. The molecule has 1 aromatic carbocycles.